The number of anilines is 2. The molecular formula is C19H36Cl4N10O2. The van der Waals surface area contributed by atoms with Crippen LogP contribution in [0.4, 0.5) is 11.6 Å². The Bertz CT molecular complexity index is 823. The number of hydrogen-bond donors (Lipinski definition) is 5. The Hall–Kier alpha value is -1.83. The van der Waals surface area contributed by atoms with Crippen LogP contribution in [-0.2, 0) is 4.79 Å². The Morgan fingerprint density at radius 2 is 1.43 bits per heavy atom. The maximum absolute atomic E-state index is 12.2. The van der Waals surface area contributed by atoms with Gasteiger partial charge >= 0.3 is 0 Å². The molecule has 1 aliphatic heterocycles. The number of primary amides is 1. The first-order valence-electron chi connectivity index (χ1n) is 10.7. The van der Waals surface area contributed by atoms with Gasteiger partial charge in [0.2, 0.25) is 5.91 Å². The molecule has 0 atom stereocenters. The first-order valence-corrected chi connectivity index (χ1v) is 11.1. The highest BCUT2D eigenvalue weighted by atomic mass is 35.5. The van der Waals surface area contributed by atoms with Crippen LogP contribution in [-0.4, -0.2) is 83.4 Å². The summed E-state index contributed by atoms with van der Waals surface area (Å²) in [5, 5.41) is 2.31. The Morgan fingerprint density at radius 1 is 0.886 bits per heavy atom. The zero-order valence-corrected chi connectivity index (χ0v) is 22.7. The van der Waals surface area contributed by atoms with Gasteiger partial charge in [-0.2, -0.15) is 0 Å². The molecule has 2 amide bonds. The van der Waals surface area contributed by atoms with Crippen molar-refractivity contribution in [1.82, 2.24) is 25.1 Å². The number of nitrogens with zero attached hydrogens (tertiary/aromatic N) is 5. The van der Waals surface area contributed by atoms with Crippen LogP contribution in [0, 0.1) is 0 Å². The van der Waals surface area contributed by atoms with Crippen LogP contribution in [0.25, 0.3) is 0 Å². The van der Waals surface area contributed by atoms with E-state index in [1.807, 2.05) is 0 Å². The van der Waals surface area contributed by atoms with Crippen molar-refractivity contribution in [2.75, 3.05) is 57.3 Å². The number of carbonyl (C=O) groups is 2. The van der Waals surface area contributed by atoms with E-state index in [0.717, 1.165) is 65.0 Å². The number of nitrogen functional groups attached to an aromatic ring is 2. The number of piperazine rings is 1. The minimum absolute atomic E-state index is 0. The number of guanidine groups is 1. The monoisotopic (exact) mass is 576 g/mol. The number of halogens is 4. The molecule has 1 fully saturated rings. The molecule has 0 saturated carbocycles. The summed E-state index contributed by atoms with van der Waals surface area (Å²) in [5.41, 5.74) is 21.9. The number of nitrogens with one attached hydrogen (secondary N) is 1. The summed E-state index contributed by atoms with van der Waals surface area (Å²) in [6.45, 7) is 6.64. The van der Waals surface area contributed by atoms with Crippen molar-refractivity contribution in [3.8, 4) is 0 Å². The molecule has 16 heteroatoms. The zero-order chi connectivity index (χ0) is 23.5. The first-order chi connectivity index (χ1) is 15.3. The largest absolute Gasteiger partial charge is 0.382 e. The Labute approximate surface area is 229 Å². The summed E-state index contributed by atoms with van der Waals surface area (Å²) in [7, 11) is 0. The molecule has 1 saturated heterocycles. The maximum atomic E-state index is 12.2. The summed E-state index contributed by atoms with van der Waals surface area (Å²) in [6.07, 6.45) is 4.15. The number of rotatable bonds is 11. The van der Waals surface area contributed by atoms with E-state index in [1.165, 1.54) is 0 Å². The van der Waals surface area contributed by atoms with Crippen molar-refractivity contribution in [2.45, 2.75) is 32.1 Å². The third-order valence-corrected chi connectivity index (χ3v) is 5.42. The highest BCUT2D eigenvalue weighted by Crippen LogP contribution is 2.17. The number of amides is 2. The number of unbranched alkanes of at least 4 members (excludes halogenated alkanes) is 2. The van der Waals surface area contributed by atoms with E-state index in [-0.39, 0.29) is 71.6 Å². The van der Waals surface area contributed by atoms with E-state index < -0.39 is 5.91 Å². The topological polar surface area (TPSA) is 195 Å². The van der Waals surface area contributed by atoms with Gasteiger partial charge in [0.15, 0.2) is 28.4 Å². The molecule has 0 radical (unpaired) electrons. The van der Waals surface area contributed by atoms with Gasteiger partial charge < -0.3 is 32.7 Å². The molecule has 0 unspecified atom stereocenters. The molecule has 2 rings (SSSR count). The predicted molar refractivity (Wildman–Crippen MR) is 147 cm³/mol. The normalized spacial score (nSPS) is 14.3. The summed E-state index contributed by atoms with van der Waals surface area (Å²) < 4.78 is 0. The Morgan fingerprint density at radius 3 is 1.97 bits per heavy atom. The number of aromatic nitrogens is 2. The first kappa shape index (κ1) is 35.3. The third-order valence-electron chi connectivity index (χ3n) is 5.14. The molecule has 0 aliphatic carbocycles. The second-order valence-electron chi connectivity index (χ2n) is 7.67. The molecule has 0 spiro atoms. The number of hydrogen-bond acceptors (Lipinski definition) is 9. The van der Waals surface area contributed by atoms with Gasteiger partial charge in [0.05, 0.1) is 0 Å². The van der Waals surface area contributed by atoms with Gasteiger partial charge in [-0.15, -0.1) is 37.2 Å². The van der Waals surface area contributed by atoms with Gasteiger partial charge in [-0.05, 0) is 38.8 Å². The molecule has 9 N–H and O–H groups in total. The van der Waals surface area contributed by atoms with E-state index in [4.69, 9.17) is 34.5 Å². The molecule has 0 aromatic carbocycles. The highest BCUT2D eigenvalue weighted by molar-refractivity contribution is 6.31. The van der Waals surface area contributed by atoms with E-state index in [0.29, 0.717) is 13.0 Å². The fourth-order valence-electron chi connectivity index (χ4n) is 3.34. The molecule has 1 aromatic rings. The second kappa shape index (κ2) is 18.4. The van der Waals surface area contributed by atoms with Crippen LogP contribution in [0.1, 0.15) is 42.6 Å². The standard InChI is InChI=1S/C19H33ClN10O2.3ClH/c20-15-17(23)27-16(22)14(26-15)18(32)28-19(24)25-6-2-4-8-30-11-9-29(10-12-30)7-3-1-5-13(21)31;;;/h1-12H2,(H2,21,31)(H4,22,23,27)(H3,24,25,28,32);3*1H. The van der Waals surface area contributed by atoms with Crippen LogP contribution < -0.4 is 28.3 Å². The molecule has 1 aliphatic rings. The van der Waals surface area contributed by atoms with Crippen LogP contribution in [0.3, 0.4) is 0 Å². The lowest BCUT2D eigenvalue weighted by atomic mass is 10.2. The summed E-state index contributed by atoms with van der Waals surface area (Å²) in [4.78, 5) is 39.6. The van der Waals surface area contributed by atoms with Crippen molar-refractivity contribution in [3.05, 3.63) is 10.8 Å². The van der Waals surface area contributed by atoms with Gasteiger partial charge in [0.25, 0.3) is 5.91 Å². The lowest BCUT2D eigenvalue weighted by molar-refractivity contribution is -0.118. The van der Waals surface area contributed by atoms with E-state index in [2.05, 4.69) is 30.1 Å². The summed E-state index contributed by atoms with van der Waals surface area (Å²) in [6, 6.07) is 0. The van der Waals surface area contributed by atoms with Crippen molar-refractivity contribution in [1.29, 1.82) is 0 Å². The van der Waals surface area contributed by atoms with Crippen molar-refractivity contribution >= 4 is 78.2 Å². The molecule has 202 valence electrons. The molecule has 0 bridgehead atoms. The van der Waals surface area contributed by atoms with Crippen molar-refractivity contribution in [3.63, 3.8) is 0 Å². The number of aliphatic imine (C=N–C) groups is 1. The lowest BCUT2D eigenvalue weighted by Crippen LogP contribution is -2.46. The van der Waals surface area contributed by atoms with E-state index >= 15 is 0 Å². The molecule has 35 heavy (non-hydrogen) atoms. The van der Waals surface area contributed by atoms with Crippen molar-refractivity contribution < 1.29 is 9.59 Å². The summed E-state index contributed by atoms with van der Waals surface area (Å²) in [5.74, 6) is -1.08. The maximum Gasteiger partial charge on any atom is 0.280 e. The molecule has 1 aromatic heterocycles. The molecular weight excluding hydrogens is 542 g/mol. The second-order valence-corrected chi connectivity index (χ2v) is 8.03. The van der Waals surface area contributed by atoms with Gasteiger partial charge in [-0.1, -0.05) is 11.6 Å². The van der Waals surface area contributed by atoms with Crippen molar-refractivity contribution in [2.24, 2.45) is 16.5 Å². The summed E-state index contributed by atoms with van der Waals surface area (Å²) >= 11 is 5.78. The fourth-order valence-corrected chi connectivity index (χ4v) is 3.47. The fraction of sp³-hybridized carbons (Fsp3) is 0.632. The predicted octanol–water partition coefficient (Wildman–Crippen LogP) is 0.658. The Kier molecular flexibility index (Phi) is 18.6. The third kappa shape index (κ3) is 13.2. The lowest BCUT2D eigenvalue weighted by Gasteiger charge is -2.34. The van der Waals surface area contributed by atoms with E-state index in [9.17, 15) is 9.59 Å². The zero-order valence-electron chi connectivity index (χ0n) is 19.4. The van der Waals surface area contributed by atoms with Crippen LogP contribution in [0.15, 0.2) is 4.99 Å². The van der Waals surface area contributed by atoms with Gasteiger partial charge in [-0.3, -0.25) is 19.9 Å². The quantitative estimate of drug-likeness (QED) is 0.142. The SMILES string of the molecule is Cl.Cl.Cl.NC(=O)CCCCN1CCN(CCCCN=C(N)NC(=O)c2nc(Cl)c(N)nc2N)CC1. The number of nitrogens with two attached hydrogens (primary N) is 4. The van der Waals surface area contributed by atoms with E-state index in [1.54, 1.807) is 0 Å². The average molecular weight is 578 g/mol. The highest BCUT2D eigenvalue weighted by Gasteiger charge is 2.17. The van der Waals surface area contributed by atoms with Gasteiger partial charge in [-0.25, -0.2) is 9.97 Å². The minimum Gasteiger partial charge on any atom is -0.382 e. The van der Waals surface area contributed by atoms with Gasteiger partial charge in [0, 0.05) is 39.1 Å². The number of carbonyl (C=O) groups excluding carboxylic acids is 2. The van der Waals surface area contributed by atoms with Crippen LogP contribution in [0.5, 0.6) is 0 Å². The van der Waals surface area contributed by atoms with Gasteiger partial charge in [0.1, 0.15) is 0 Å². The minimum atomic E-state index is -0.648. The van der Waals surface area contributed by atoms with Crippen LogP contribution >= 0.6 is 48.8 Å². The Balaban J connectivity index is 0. The average Bonchev–Trinajstić information content (AvgIpc) is 2.74. The van der Waals surface area contributed by atoms with Crippen LogP contribution in [0.2, 0.25) is 5.15 Å². The molecule has 2 heterocycles. The molecule has 12 nitrogen and oxygen atoms in total. The smallest absolute Gasteiger partial charge is 0.280 e.